The number of sulfonamides is 1. The van der Waals surface area contributed by atoms with E-state index in [1.807, 2.05) is 43.3 Å². The molecule has 0 saturated carbocycles. The van der Waals surface area contributed by atoms with Gasteiger partial charge in [0.1, 0.15) is 11.9 Å². The first kappa shape index (κ1) is 20.7. The molecule has 3 rings (SSSR count). The van der Waals surface area contributed by atoms with Crippen LogP contribution in [0.2, 0.25) is 0 Å². The molecule has 1 amide bonds. The van der Waals surface area contributed by atoms with Crippen molar-refractivity contribution in [3.8, 4) is 0 Å². The molecule has 0 aliphatic rings. The highest BCUT2D eigenvalue weighted by molar-refractivity contribution is 7.89. The number of aryl methyl sites for hydroxylation is 1. The number of anilines is 1. The maximum Gasteiger partial charge on any atom is 0.242 e. The van der Waals surface area contributed by atoms with Gasteiger partial charge in [0.05, 0.1) is 4.90 Å². The van der Waals surface area contributed by atoms with E-state index in [9.17, 15) is 17.6 Å². The number of hydrogen-bond acceptors (Lipinski definition) is 3. The Hall–Kier alpha value is -3.03. The lowest BCUT2D eigenvalue weighted by Crippen LogP contribution is -2.45. The van der Waals surface area contributed by atoms with Gasteiger partial charge in [-0.2, -0.15) is 4.72 Å². The van der Waals surface area contributed by atoms with E-state index in [2.05, 4.69) is 10.0 Å². The lowest BCUT2D eigenvalue weighted by molar-refractivity contribution is -0.117. The van der Waals surface area contributed by atoms with Gasteiger partial charge in [0.15, 0.2) is 0 Å². The molecule has 0 spiro atoms. The van der Waals surface area contributed by atoms with Gasteiger partial charge in [0.25, 0.3) is 0 Å². The average Bonchev–Trinajstić information content (AvgIpc) is 2.68. The van der Waals surface area contributed by atoms with E-state index >= 15 is 0 Å². The molecule has 0 saturated heterocycles. The summed E-state index contributed by atoms with van der Waals surface area (Å²) in [5.74, 6) is -1.02. The molecule has 1 unspecified atom stereocenters. The molecular formula is C22H21FN2O3S. The summed E-state index contributed by atoms with van der Waals surface area (Å²) in [5.41, 5.74) is 2.35. The van der Waals surface area contributed by atoms with Gasteiger partial charge < -0.3 is 5.32 Å². The standard InChI is InChI=1S/C22H21FN2O3S/c1-16-6-5-9-19(14-16)24-22(26)21(15-17-7-3-2-4-8-17)25-29(27,28)20-12-10-18(23)11-13-20/h2-14,21,25H,15H2,1H3,(H,24,26). The highest BCUT2D eigenvalue weighted by atomic mass is 32.2. The van der Waals surface area contributed by atoms with Crippen LogP contribution in [-0.4, -0.2) is 20.4 Å². The van der Waals surface area contributed by atoms with Gasteiger partial charge in [-0.1, -0.05) is 42.5 Å². The Labute approximate surface area is 169 Å². The summed E-state index contributed by atoms with van der Waals surface area (Å²) in [6.07, 6.45) is 0.166. The number of amides is 1. The summed E-state index contributed by atoms with van der Waals surface area (Å²) >= 11 is 0. The van der Waals surface area contributed by atoms with Crippen molar-refractivity contribution < 1.29 is 17.6 Å². The first-order valence-electron chi connectivity index (χ1n) is 9.03. The molecule has 0 bridgehead atoms. The fourth-order valence-corrected chi connectivity index (χ4v) is 4.05. The van der Waals surface area contributed by atoms with E-state index in [0.717, 1.165) is 35.4 Å². The van der Waals surface area contributed by atoms with E-state index in [1.54, 1.807) is 18.2 Å². The summed E-state index contributed by atoms with van der Waals surface area (Å²) in [6.45, 7) is 1.90. The Balaban J connectivity index is 1.85. The van der Waals surface area contributed by atoms with Crippen LogP contribution < -0.4 is 10.0 Å². The topological polar surface area (TPSA) is 75.3 Å². The van der Waals surface area contributed by atoms with Gasteiger partial charge in [0.2, 0.25) is 15.9 Å². The zero-order valence-electron chi connectivity index (χ0n) is 15.8. The molecule has 0 heterocycles. The zero-order chi connectivity index (χ0) is 20.9. The van der Waals surface area contributed by atoms with Crippen LogP contribution in [0.15, 0.2) is 83.8 Å². The van der Waals surface area contributed by atoms with Crippen molar-refractivity contribution in [1.82, 2.24) is 4.72 Å². The summed E-state index contributed by atoms with van der Waals surface area (Å²) in [6, 6.07) is 19.8. The number of hydrogen-bond donors (Lipinski definition) is 2. The Morgan fingerprint density at radius 1 is 0.966 bits per heavy atom. The van der Waals surface area contributed by atoms with Gasteiger partial charge in [-0.3, -0.25) is 4.79 Å². The van der Waals surface area contributed by atoms with Crippen LogP contribution in [-0.2, 0) is 21.2 Å². The largest absolute Gasteiger partial charge is 0.325 e. The summed E-state index contributed by atoms with van der Waals surface area (Å²) in [5, 5.41) is 2.76. The minimum absolute atomic E-state index is 0.111. The predicted molar refractivity (Wildman–Crippen MR) is 110 cm³/mol. The lowest BCUT2D eigenvalue weighted by Gasteiger charge is -2.19. The number of rotatable bonds is 7. The molecule has 29 heavy (non-hydrogen) atoms. The van der Waals surface area contributed by atoms with Crippen molar-refractivity contribution in [2.75, 3.05) is 5.32 Å². The second-order valence-corrected chi connectivity index (χ2v) is 8.39. The number of halogens is 1. The number of benzene rings is 3. The normalized spacial score (nSPS) is 12.3. The Morgan fingerprint density at radius 3 is 2.31 bits per heavy atom. The van der Waals surface area contributed by atoms with Crippen molar-refractivity contribution >= 4 is 21.6 Å². The van der Waals surface area contributed by atoms with Gasteiger partial charge >= 0.3 is 0 Å². The molecule has 7 heteroatoms. The predicted octanol–water partition coefficient (Wildman–Crippen LogP) is 3.66. The van der Waals surface area contributed by atoms with Crippen LogP contribution in [0, 0.1) is 12.7 Å². The number of carbonyl (C=O) groups excluding carboxylic acids is 1. The van der Waals surface area contributed by atoms with Gasteiger partial charge in [-0.05, 0) is 60.9 Å². The summed E-state index contributed by atoms with van der Waals surface area (Å²) in [4.78, 5) is 12.8. The second-order valence-electron chi connectivity index (χ2n) is 6.68. The molecule has 0 fully saturated rings. The molecular weight excluding hydrogens is 391 g/mol. The van der Waals surface area contributed by atoms with E-state index in [1.165, 1.54) is 0 Å². The molecule has 2 N–H and O–H groups in total. The van der Waals surface area contributed by atoms with Crippen molar-refractivity contribution in [2.24, 2.45) is 0 Å². The molecule has 3 aromatic carbocycles. The third-order valence-electron chi connectivity index (χ3n) is 4.31. The van der Waals surface area contributed by atoms with Crippen LogP contribution in [0.3, 0.4) is 0 Å². The quantitative estimate of drug-likeness (QED) is 0.622. The van der Waals surface area contributed by atoms with Gasteiger partial charge in [-0.25, -0.2) is 12.8 Å². The Morgan fingerprint density at radius 2 is 1.66 bits per heavy atom. The number of carbonyl (C=O) groups is 1. The van der Waals surface area contributed by atoms with E-state index in [4.69, 9.17) is 0 Å². The summed E-state index contributed by atoms with van der Waals surface area (Å²) < 4.78 is 41.1. The van der Waals surface area contributed by atoms with Crippen LogP contribution in [0.4, 0.5) is 10.1 Å². The monoisotopic (exact) mass is 412 g/mol. The molecule has 150 valence electrons. The third-order valence-corrected chi connectivity index (χ3v) is 5.79. The minimum Gasteiger partial charge on any atom is -0.325 e. The van der Waals surface area contributed by atoms with Crippen LogP contribution in [0.1, 0.15) is 11.1 Å². The smallest absolute Gasteiger partial charge is 0.242 e. The maximum absolute atomic E-state index is 13.1. The SMILES string of the molecule is Cc1cccc(NC(=O)C(Cc2ccccc2)NS(=O)(=O)c2ccc(F)cc2)c1. The van der Waals surface area contributed by atoms with Crippen LogP contribution in [0.25, 0.3) is 0 Å². The van der Waals surface area contributed by atoms with Gasteiger partial charge in [-0.15, -0.1) is 0 Å². The molecule has 5 nitrogen and oxygen atoms in total. The zero-order valence-corrected chi connectivity index (χ0v) is 16.6. The first-order chi connectivity index (χ1) is 13.8. The van der Waals surface area contributed by atoms with Crippen molar-refractivity contribution in [1.29, 1.82) is 0 Å². The average molecular weight is 412 g/mol. The van der Waals surface area contributed by atoms with E-state index < -0.39 is 27.8 Å². The van der Waals surface area contributed by atoms with E-state index in [0.29, 0.717) is 5.69 Å². The van der Waals surface area contributed by atoms with Crippen molar-refractivity contribution in [3.63, 3.8) is 0 Å². The summed E-state index contributed by atoms with van der Waals surface area (Å²) in [7, 11) is -4.02. The van der Waals surface area contributed by atoms with Crippen molar-refractivity contribution in [2.45, 2.75) is 24.3 Å². The molecule has 0 aromatic heterocycles. The Kier molecular flexibility index (Phi) is 6.41. The molecule has 1 atom stereocenters. The molecule has 0 aliphatic carbocycles. The van der Waals surface area contributed by atoms with Crippen LogP contribution in [0.5, 0.6) is 0 Å². The van der Waals surface area contributed by atoms with Gasteiger partial charge in [0, 0.05) is 5.69 Å². The fraction of sp³-hybridized carbons (Fsp3) is 0.136. The highest BCUT2D eigenvalue weighted by Crippen LogP contribution is 2.15. The molecule has 3 aromatic rings. The lowest BCUT2D eigenvalue weighted by atomic mass is 10.1. The number of nitrogens with one attached hydrogen (secondary N) is 2. The van der Waals surface area contributed by atoms with Crippen molar-refractivity contribution in [3.05, 3.63) is 95.8 Å². The fourth-order valence-electron chi connectivity index (χ4n) is 2.86. The molecule has 0 radical (unpaired) electrons. The maximum atomic E-state index is 13.1. The van der Waals surface area contributed by atoms with Crippen LogP contribution >= 0.6 is 0 Å². The first-order valence-corrected chi connectivity index (χ1v) is 10.5. The third kappa shape index (κ3) is 5.73. The Bertz CT molecular complexity index is 1080. The van der Waals surface area contributed by atoms with E-state index in [-0.39, 0.29) is 11.3 Å². The highest BCUT2D eigenvalue weighted by Gasteiger charge is 2.26. The molecule has 0 aliphatic heterocycles. The minimum atomic E-state index is -4.02. The second kappa shape index (κ2) is 8.98.